The molecule has 146 valence electrons. The fraction of sp³-hybridized carbons (Fsp3) is 0.368. The van der Waals surface area contributed by atoms with Gasteiger partial charge in [-0.1, -0.05) is 12.8 Å². The van der Waals surface area contributed by atoms with Crippen molar-refractivity contribution in [3.8, 4) is 5.88 Å². The summed E-state index contributed by atoms with van der Waals surface area (Å²) >= 11 is 0. The minimum Gasteiger partial charge on any atom is -0.480 e. The van der Waals surface area contributed by atoms with Crippen molar-refractivity contribution < 1.29 is 18.3 Å². The average molecular weight is 387 g/mol. The van der Waals surface area contributed by atoms with Crippen molar-refractivity contribution in [2.75, 3.05) is 7.11 Å². The van der Waals surface area contributed by atoms with Gasteiger partial charge in [0.25, 0.3) is 0 Å². The number of carbonyl (C=O) groups is 1. The van der Waals surface area contributed by atoms with Crippen LogP contribution in [0.25, 0.3) is 5.65 Å². The van der Waals surface area contributed by atoms with Gasteiger partial charge in [-0.15, -0.1) is 15.3 Å². The predicted molar refractivity (Wildman–Crippen MR) is 95.7 cm³/mol. The van der Waals surface area contributed by atoms with E-state index in [9.17, 15) is 13.6 Å². The van der Waals surface area contributed by atoms with Gasteiger partial charge < -0.3 is 10.1 Å². The molecule has 1 saturated carbocycles. The molecule has 7 nitrogen and oxygen atoms in total. The maximum atomic E-state index is 13.8. The van der Waals surface area contributed by atoms with Gasteiger partial charge >= 0.3 is 0 Å². The summed E-state index contributed by atoms with van der Waals surface area (Å²) in [6.07, 6.45) is 2.71. The molecule has 3 aromatic rings. The lowest BCUT2D eigenvalue weighted by Crippen LogP contribution is -2.42. The van der Waals surface area contributed by atoms with Crippen molar-refractivity contribution in [2.45, 2.75) is 37.6 Å². The molecule has 9 heteroatoms. The molecular weight excluding hydrogens is 368 g/mol. The van der Waals surface area contributed by atoms with Gasteiger partial charge in [0.1, 0.15) is 11.6 Å². The number of methoxy groups -OCH3 is 1. The summed E-state index contributed by atoms with van der Waals surface area (Å²) in [5, 5.41) is 15.2. The maximum absolute atomic E-state index is 13.8. The average Bonchev–Trinajstić information content (AvgIpc) is 3.33. The van der Waals surface area contributed by atoms with Gasteiger partial charge in [0.2, 0.25) is 11.8 Å². The molecule has 0 aliphatic heterocycles. The second-order valence-corrected chi connectivity index (χ2v) is 6.89. The van der Waals surface area contributed by atoms with Crippen LogP contribution in [0.5, 0.6) is 5.88 Å². The van der Waals surface area contributed by atoms with E-state index < -0.39 is 17.0 Å². The standard InChI is InChI=1S/C19H19F2N5O2/c1-28-17-5-4-15-23-24-16(26(15)25-17)11-22-18(27)19(6-2-3-7-19)12-8-13(20)10-14(21)9-12/h4-5,8-10H,2-3,6-7,11H2,1H3,(H,22,27). The topological polar surface area (TPSA) is 81.4 Å². The highest BCUT2D eigenvalue weighted by molar-refractivity contribution is 5.88. The third-order valence-electron chi connectivity index (χ3n) is 5.23. The van der Waals surface area contributed by atoms with Crippen LogP contribution in [-0.4, -0.2) is 32.8 Å². The zero-order chi connectivity index (χ0) is 19.7. The summed E-state index contributed by atoms with van der Waals surface area (Å²) in [5.74, 6) is -0.833. The highest BCUT2D eigenvalue weighted by atomic mass is 19.1. The number of rotatable bonds is 5. The molecule has 0 unspecified atom stereocenters. The van der Waals surface area contributed by atoms with E-state index in [4.69, 9.17) is 4.74 Å². The first-order valence-electron chi connectivity index (χ1n) is 9.02. The van der Waals surface area contributed by atoms with Crippen molar-refractivity contribution >= 4 is 11.6 Å². The Morgan fingerprint density at radius 2 is 1.89 bits per heavy atom. The quantitative estimate of drug-likeness (QED) is 0.728. The lowest BCUT2D eigenvalue weighted by Gasteiger charge is -2.28. The maximum Gasteiger partial charge on any atom is 0.231 e. The summed E-state index contributed by atoms with van der Waals surface area (Å²) in [6.45, 7) is 0.0831. The molecule has 28 heavy (non-hydrogen) atoms. The molecule has 0 radical (unpaired) electrons. The molecule has 1 aliphatic carbocycles. The number of carbonyl (C=O) groups excluding carboxylic acids is 1. The summed E-state index contributed by atoms with van der Waals surface area (Å²) in [6, 6.07) is 6.67. The minimum atomic E-state index is -0.950. The molecule has 1 N–H and O–H groups in total. The lowest BCUT2D eigenvalue weighted by atomic mass is 9.78. The summed E-state index contributed by atoms with van der Waals surface area (Å²) in [7, 11) is 1.50. The number of benzene rings is 1. The Morgan fingerprint density at radius 1 is 1.18 bits per heavy atom. The smallest absolute Gasteiger partial charge is 0.231 e. The van der Waals surface area contributed by atoms with E-state index in [0.717, 1.165) is 18.9 Å². The van der Waals surface area contributed by atoms with Crippen LogP contribution < -0.4 is 10.1 Å². The van der Waals surface area contributed by atoms with Crippen LogP contribution in [0.2, 0.25) is 0 Å². The summed E-state index contributed by atoms with van der Waals surface area (Å²) in [5.41, 5.74) is -0.0621. The van der Waals surface area contributed by atoms with Crippen LogP contribution in [0.1, 0.15) is 37.1 Å². The van der Waals surface area contributed by atoms with E-state index in [1.54, 1.807) is 12.1 Å². The SMILES string of the molecule is COc1ccc2nnc(CNC(=O)C3(c4cc(F)cc(F)c4)CCCC3)n2n1. The Morgan fingerprint density at radius 3 is 2.57 bits per heavy atom. The van der Waals surface area contributed by atoms with E-state index in [1.807, 2.05) is 0 Å². The molecule has 1 aromatic carbocycles. The van der Waals surface area contributed by atoms with Crippen LogP contribution in [0, 0.1) is 11.6 Å². The van der Waals surface area contributed by atoms with E-state index >= 15 is 0 Å². The molecule has 0 bridgehead atoms. The highest BCUT2D eigenvalue weighted by Gasteiger charge is 2.43. The second kappa shape index (κ2) is 7.14. The Balaban J connectivity index is 1.59. The Bertz CT molecular complexity index is 1010. The van der Waals surface area contributed by atoms with Gasteiger partial charge in [0.05, 0.1) is 19.1 Å². The number of nitrogens with zero attached hydrogens (tertiary/aromatic N) is 4. The number of aromatic nitrogens is 4. The molecule has 4 rings (SSSR count). The van der Waals surface area contributed by atoms with Crippen LogP contribution in [0.4, 0.5) is 8.78 Å². The van der Waals surface area contributed by atoms with E-state index in [2.05, 4.69) is 20.6 Å². The van der Waals surface area contributed by atoms with Crippen LogP contribution in [-0.2, 0) is 16.8 Å². The monoisotopic (exact) mass is 387 g/mol. The molecular formula is C19H19F2N5O2. The van der Waals surface area contributed by atoms with Gasteiger partial charge in [-0.2, -0.15) is 4.52 Å². The van der Waals surface area contributed by atoms with Crippen molar-refractivity contribution in [3.63, 3.8) is 0 Å². The van der Waals surface area contributed by atoms with E-state index in [0.29, 0.717) is 35.8 Å². The minimum absolute atomic E-state index is 0.0831. The Labute approximate surface area is 159 Å². The Kier molecular flexibility index (Phi) is 4.66. The summed E-state index contributed by atoms with van der Waals surface area (Å²) < 4.78 is 34.1. The molecule has 2 heterocycles. The fourth-order valence-corrected chi connectivity index (χ4v) is 3.82. The lowest BCUT2D eigenvalue weighted by molar-refractivity contribution is -0.126. The molecule has 2 aromatic heterocycles. The number of hydrogen-bond acceptors (Lipinski definition) is 5. The molecule has 0 spiro atoms. The number of ether oxygens (including phenoxy) is 1. The predicted octanol–water partition coefficient (Wildman–Crippen LogP) is 2.54. The normalized spacial score (nSPS) is 15.7. The number of halogens is 2. The van der Waals surface area contributed by atoms with Gasteiger partial charge in [-0.25, -0.2) is 8.78 Å². The first kappa shape index (κ1) is 18.3. The van der Waals surface area contributed by atoms with E-state index in [1.165, 1.54) is 23.8 Å². The molecule has 1 amide bonds. The second-order valence-electron chi connectivity index (χ2n) is 6.89. The van der Waals surface area contributed by atoms with Gasteiger partial charge in [-0.3, -0.25) is 4.79 Å². The molecule has 1 aliphatic rings. The molecule has 0 atom stereocenters. The first-order valence-corrected chi connectivity index (χ1v) is 9.02. The zero-order valence-electron chi connectivity index (χ0n) is 15.3. The van der Waals surface area contributed by atoms with Crippen LogP contribution in [0.15, 0.2) is 30.3 Å². The number of nitrogens with one attached hydrogen (secondary N) is 1. The Hall–Kier alpha value is -3.10. The first-order chi connectivity index (χ1) is 13.5. The van der Waals surface area contributed by atoms with Crippen molar-refractivity contribution in [1.29, 1.82) is 0 Å². The molecule has 1 fully saturated rings. The number of fused-ring (bicyclic) bond motifs is 1. The van der Waals surface area contributed by atoms with Crippen LogP contribution in [0.3, 0.4) is 0 Å². The third-order valence-corrected chi connectivity index (χ3v) is 5.23. The van der Waals surface area contributed by atoms with Gasteiger partial charge in [0, 0.05) is 12.1 Å². The molecule has 0 saturated heterocycles. The third kappa shape index (κ3) is 3.17. The van der Waals surface area contributed by atoms with Gasteiger partial charge in [-0.05, 0) is 36.6 Å². The van der Waals surface area contributed by atoms with Crippen molar-refractivity contribution in [2.24, 2.45) is 0 Å². The largest absolute Gasteiger partial charge is 0.480 e. The van der Waals surface area contributed by atoms with E-state index in [-0.39, 0.29) is 12.5 Å². The highest BCUT2D eigenvalue weighted by Crippen LogP contribution is 2.41. The van der Waals surface area contributed by atoms with Crippen molar-refractivity contribution in [1.82, 2.24) is 25.1 Å². The number of amides is 1. The number of hydrogen-bond donors (Lipinski definition) is 1. The van der Waals surface area contributed by atoms with Crippen molar-refractivity contribution in [3.05, 3.63) is 53.4 Å². The van der Waals surface area contributed by atoms with Gasteiger partial charge in [0.15, 0.2) is 11.5 Å². The fourth-order valence-electron chi connectivity index (χ4n) is 3.82. The summed E-state index contributed by atoms with van der Waals surface area (Å²) in [4.78, 5) is 13.1. The zero-order valence-corrected chi connectivity index (χ0v) is 15.3. The van der Waals surface area contributed by atoms with Crippen LogP contribution >= 0.6 is 0 Å².